The summed E-state index contributed by atoms with van der Waals surface area (Å²) < 4.78 is 0. The summed E-state index contributed by atoms with van der Waals surface area (Å²) in [6.45, 7) is 8.25. The molecule has 0 aliphatic carbocycles. The smallest absolute Gasteiger partial charge is 0.000532 e. The first-order chi connectivity index (χ1) is 4.66. The van der Waals surface area contributed by atoms with Crippen molar-refractivity contribution in [2.24, 2.45) is 11.7 Å². The highest BCUT2D eigenvalue weighted by Gasteiger charge is 1.96. The Morgan fingerprint density at radius 1 is 1.70 bits per heavy atom. The van der Waals surface area contributed by atoms with Crippen molar-refractivity contribution >= 4 is 11.8 Å². The molecule has 0 aromatic heterocycles. The van der Waals surface area contributed by atoms with E-state index in [1.54, 1.807) is 11.8 Å². The third-order valence-electron chi connectivity index (χ3n) is 0.949. The van der Waals surface area contributed by atoms with Gasteiger partial charge in [0.25, 0.3) is 0 Å². The Morgan fingerprint density at radius 2 is 2.30 bits per heavy atom. The van der Waals surface area contributed by atoms with Crippen molar-refractivity contribution < 1.29 is 0 Å². The van der Waals surface area contributed by atoms with Crippen molar-refractivity contribution in [3.63, 3.8) is 0 Å². The van der Waals surface area contributed by atoms with Gasteiger partial charge in [0.15, 0.2) is 0 Å². The number of nitrogens with two attached hydrogens (primary N) is 1. The normalized spacial score (nSPS) is 11.1. The first-order valence-corrected chi connectivity index (χ1v) is 4.26. The summed E-state index contributed by atoms with van der Waals surface area (Å²) in [6.07, 6.45) is 2.60. The van der Waals surface area contributed by atoms with Gasteiger partial charge in [-0.25, -0.2) is 0 Å². The molecule has 0 bridgehead atoms. The highest BCUT2D eigenvalue weighted by atomic mass is 32.2. The van der Waals surface area contributed by atoms with Crippen LogP contribution in [0.3, 0.4) is 0 Å². The van der Waals surface area contributed by atoms with Crippen LogP contribution >= 0.6 is 11.8 Å². The van der Waals surface area contributed by atoms with E-state index in [0.29, 0.717) is 5.92 Å². The van der Waals surface area contributed by atoms with Gasteiger partial charge in [-0.15, -0.1) is 11.8 Å². The average molecular weight is 157 g/mol. The number of allylic oxidation sites excluding steroid dienone is 1. The first kappa shape index (κ1) is 9.63. The van der Waals surface area contributed by atoms with Crippen molar-refractivity contribution in [3.8, 4) is 0 Å². The van der Waals surface area contributed by atoms with E-state index >= 15 is 0 Å². The summed E-state index contributed by atoms with van der Waals surface area (Å²) in [5.41, 5.74) is 5.17. The molecule has 0 unspecified atom stereocenters. The molecule has 2 heteroatoms. The van der Waals surface area contributed by atoms with Crippen LogP contribution in [0.5, 0.6) is 0 Å². The lowest BCUT2D eigenvalue weighted by atomic mass is 10.1. The molecule has 0 radical (unpaired) electrons. The van der Waals surface area contributed by atoms with Crippen LogP contribution < -0.4 is 5.73 Å². The predicted octanol–water partition coefficient (Wildman–Crippen LogP) is 2.71. The summed E-state index contributed by atoms with van der Waals surface area (Å²) in [5.74, 6) is 0.686. The number of hydrogen-bond acceptors (Lipinski definition) is 2. The molecular weight excluding hydrogens is 142 g/mol. The van der Waals surface area contributed by atoms with Crippen molar-refractivity contribution in [2.75, 3.05) is 0 Å². The maximum Gasteiger partial charge on any atom is 0.000532 e. The number of rotatable bonds is 4. The number of thioether (sulfide) groups is 1. The molecule has 0 heterocycles. The van der Waals surface area contributed by atoms with Gasteiger partial charge < -0.3 is 5.73 Å². The zero-order chi connectivity index (χ0) is 7.98. The van der Waals surface area contributed by atoms with Crippen LogP contribution in [0.25, 0.3) is 0 Å². The van der Waals surface area contributed by atoms with Gasteiger partial charge >= 0.3 is 0 Å². The van der Waals surface area contributed by atoms with Crippen LogP contribution in [0.15, 0.2) is 23.1 Å². The lowest BCUT2D eigenvalue weighted by Gasteiger charge is -2.03. The molecule has 2 N–H and O–H groups in total. The van der Waals surface area contributed by atoms with Gasteiger partial charge in [-0.2, -0.15) is 0 Å². The maximum absolute atomic E-state index is 5.17. The van der Waals surface area contributed by atoms with Gasteiger partial charge in [-0.05, 0) is 22.7 Å². The molecule has 0 fully saturated rings. The molecule has 0 saturated heterocycles. The second kappa shape index (κ2) is 5.42. The minimum atomic E-state index is 0.686. The van der Waals surface area contributed by atoms with Crippen LogP contribution in [0.1, 0.15) is 20.3 Å². The van der Waals surface area contributed by atoms with E-state index in [4.69, 9.17) is 5.73 Å². The Balaban J connectivity index is 3.44. The molecule has 1 nitrogen and oxygen atoms in total. The summed E-state index contributed by atoms with van der Waals surface area (Å²) in [4.78, 5) is 1.18. The molecule has 0 amide bonds. The topological polar surface area (TPSA) is 26.0 Å². The van der Waals surface area contributed by atoms with E-state index < -0.39 is 0 Å². The molecule has 58 valence electrons. The van der Waals surface area contributed by atoms with Gasteiger partial charge in [0, 0.05) is 6.20 Å². The van der Waals surface area contributed by atoms with Crippen LogP contribution in [0.2, 0.25) is 0 Å². The summed E-state index contributed by atoms with van der Waals surface area (Å²) >= 11 is 1.60. The molecule has 0 aromatic carbocycles. The van der Waals surface area contributed by atoms with E-state index in [-0.39, 0.29) is 0 Å². The van der Waals surface area contributed by atoms with Gasteiger partial charge in [-0.3, -0.25) is 0 Å². The van der Waals surface area contributed by atoms with Crippen molar-refractivity contribution in [2.45, 2.75) is 20.3 Å². The van der Waals surface area contributed by atoms with E-state index in [0.717, 1.165) is 6.42 Å². The third-order valence-corrected chi connectivity index (χ3v) is 1.74. The molecule has 0 aromatic rings. The second-order valence-electron chi connectivity index (χ2n) is 2.58. The highest BCUT2D eigenvalue weighted by molar-refractivity contribution is 8.05. The Bertz CT molecular complexity index is 127. The Hall–Kier alpha value is -0.370. The fourth-order valence-corrected chi connectivity index (χ4v) is 1.34. The summed E-state index contributed by atoms with van der Waals surface area (Å²) in [6, 6.07) is 0. The van der Waals surface area contributed by atoms with Gasteiger partial charge in [0.05, 0.1) is 0 Å². The second-order valence-corrected chi connectivity index (χ2v) is 3.67. The van der Waals surface area contributed by atoms with Gasteiger partial charge in [-0.1, -0.05) is 20.4 Å². The highest BCUT2D eigenvalue weighted by Crippen LogP contribution is 2.21. The zero-order valence-corrected chi connectivity index (χ0v) is 7.45. The quantitative estimate of drug-likeness (QED) is 0.679. The minimum Gasteiger partial charge on any atom is -0.404 e. The number of hydrogen-bond donors (Lipinski definition) is 1. The lowest BCUT2D eigenvalue weighted by molar-refractivity contribution is 0.659. The van der Waals surface area contributed by atoms with Crippen LogP contribution in [0.4, 0.5) is 0 Å². The fraction of sp³-hybridized carbons (Fsp3) is 0.500. The summed E-state index contributed by atoms with van der Waals surface area (Å²) in [5, 5.41) is 1.85. The fourth-order valence-electron chi connectivity index (χ4n) is 0.639. The largest absolute Gasteiger partial charge is 0.404 e. The molecule has 0 spiro atoms. The average Bonchev–Trinajstić information content (AvgIpc) is 1.82. The standard InChI is InChI=1S/C8H15NS/c1-7(2)6-8(3)10-5-4-9/h4-5,7H,3,6,9H2,1-2H3/b5-4-. The Morgan fingerprint density at radius 3 is 2.70 bits per heavy atom. The predicted molar refractivity (Wildman–Crippen MR) is 49.5 cm³/mol. The molecule has 0 aliphatic rings. The first-order valence-electron chi connectivity index (χ1n) is 3.38. The maximum atomic E-state index is 5.17. The van der Waals surface area contributed by atoms with E-state index in [1.165, 1.54) is 11.1 Å². The molecule has 0 aliphatic heterocycles. The summed E-state index contributed by atoms with van der Waals surface area (Å²) in [7, 11) is 0. The van der Waals surface area contributed by atoms with E-state index in [9.17, 15) is 0 Å². The molecule has 0 rings (SSSR count). The molecule has 10 heavy (non-hydrogen) atoms. The molecule has 0 saturated carbocycles. The van der Waals surface area contributed by atoms with Gasteiger partial charge in [0.2, 0.25) is 0 Å². The SMILES string of the molecule is C=C(CC(C)C)S/C=C\N. The van der Waals surface area contributed by atoms with Gasteiger partial charge in [0.1, 0.15) is 0 Å². The zero-order valence-electron chi connectivity index (χ0n) is 6.63. The van der Waals surface area contributed by atoms with Crippen LogP contribution in [-0.2, 0) is 0 Å². The minimum absolute atomic E-state index is 0.686. The monoisotopic (exact) mass is 157 g/mol. The Labute approximate surface area is 67.4 Å². The lowest BCUT2D eigenvalue weighted by Crippen LogP contribution is -1.85. The Kier molecular flexibility index (Phi) is 5.22. The van der Waals surface area contributed by atoms with Crippen LogP contribution in [-0.4, -0.2) is 0 Å². The van der Waals surface area contributed by atoms with Crippen molar-refractivity contribution in [1.82, 2.24) is 0 Å². The van der Waals surface area contributed by atoms with E-state index in [1.807, 2.05) is 5.41 Å². The third kappa shape index (κ3) is 5.76. The van der Waals surface area contributed by atoms with Crippen LogP contribution in [0, 0.1) is 5.92 Å². The van der Waals surface area contributed by atoms with Crippen molar-refractivity contribution in [3.05, 3.63) is 23.1 Å². The van der Waals surface area contributed by atoms with Crippen molar-refractivity contribution in [1.29, 1.82) is 0 Å². The molecular formula is C8H15NS. The van der Waals surface area contributed by atoms with E-state index in [2.05, 4.69) is 20.4 Å². The molecule has 0 atom stereocenters.